The topological polar surface area (TPSA) is 80.0 Å². The summed E-state index contributed by atoms with van der Waals surface area (Å²) in [4.78, 5) is 15.1. The summed E-state index contributed by atoms with van der Waals surface area (Å²) in [5.41, 5.74) is -0.432. The van der Waals surface area contributed by atoms with E-state index in [4.69, 9.17) is 0 Å². The van der Waals surface area contributed by atoms with Crippen LogP contribution in [0.25, 0.3) is 0 Å². The molecule has 1 atom stereocenters. The fraction of sp³-hybridized carbons (Fsp3) is 0.211. The second-order valence-corrected chi connectivity index (χ2v) is 6.74. The Morgan fingerprint density at radius 2 is 2.04 bits per heavy atom. The highest BCUT2D eigenvalue weighted by molar-refractivity contribution is 7.96. The summed E-state index contributed by atoms with van der Waals surface area (Å²) < 4.78 is 29.2. The predicted octanol–water partition coefficient (Wildman–Crippen LogP) is 3.54. The summed E-state index contributed by atoms with van der Waals surface area (Å²) in [5.74, 6) is -1.58. The fourth-order valence-corrected chi connectivity index (χ4v) is 3.19. The highest BCUT2D eigenvalue weighted by Crippen LogP contribution is 2.32. The number of amides is 1. The second kappa shape index (κ2) is 8.49. The van der Waals surface area contributed by atoms with Crippen molar-refractivity contribution in [1.29, 1.82) is 0 Å². The number of carbonyl (C=O) groups is 1. The summed E-state index contributed by atoms with van der Waals surface area (Å²) in [5, 5.41) is 17.4. The Labute approximate surface area is 165 Å². The zero-order valence-electron chi connectivity index (χ0n) is 14.7. The summed E-state index contributed by atoms with van der Waals surface area (Å²) >= 11 is 3.72. The van der Waals surface area contributed by atoms with Crippen LogP contribution in [0, 0.1) is 11.6 Å². The molecule has 146 valence electrons. The van der Waals surface area contributed by atoms with E-state index >= 15 is 0 Å². The Balaban J connectivity index is 1.91. The SMILES string of the molecule is O=C(S)Nc1ccccc1CC[C@](O)(Cn1cncn1)c1ccc(F)cc1F. The van der Waals surface area contributed by atoms with Crippen molar-refractivity contribution in [3.63, 3.8) is 0 Å². The molecule has 0 aliphatic heterocycles. The third-order valence-corrected chi connectivity index (χ3v) is 4.50. The van der Waals surface area contributed by atoms with Crippen molar-refractivity contribution in [2.45, 2.75) is 25.0 Å². The summed E-state index contributed by atoms with van der Waals surface area (Å²) in [6.07, 6.45) is 3.11. The molecular formula is C19H18F2N4O2S. The number of halogens is 2. The van der Waals surface area contributed by atoms with Crippen LogP contribution in [-0.4, -0.2) is 25.1 Å². The molecule has 2 N–H and O–H groups in total. The molecule has 9 heteroatoms. The number of hydrogen-bond donors (Lipinski definition) is 3. The number of rotatable bonds is 7. The van der Waals surface area contributed by atoms with Crippen molar-refractivity contribution >= 4 is 23.6 Å². The average Bonchev–Trinajstić information content (AvgIpc) is 3.13. The lowest BCUT2D eigenvalue weighted by atomic mass is 9.86. The van der Waals surface area contributed by atoms with E-state index in [1.807, 2.05) is 0 Å². The van der Waals surface area contributed by atoms with Gasteiger partial charge in [-0.1, -0.05) is 36.9 Å². The number of nitrogens with zero attached hydrogens (tertiary/aromatic N) is 3. The Morgan fingerprint density at radius 1 is 1.25 bits per heavy atom. The molecular weight excluding hydrogens is 386 g/mol. The van der Waals surface area contributed by atoms with Gasteiger partial charge in [0.1, 0.15) is 29.9 Å². The normalized spacial score (nSPS) is 13.1. The molecule has 0 saturated heterocycles. The van der Waals surface area contributed by atoms with E-state index in [0.717, 1.165) is 17.7 Å². The lowest BCUT2D eigenvalue weighted by Crippen LogP contribution is -2.33. The van der Waals surface area contributed by atoms with Crippen LogP contribution in [0.2, 0.25) is 0 Å². The number of para-hydroxylation sites is 1. The molecule has 3 rings (SSSR count). The van der Waals surface area contributed by atoms with E-state index in [9.17, 15) is 18.7 Å². The zero-order chi connectivity index (χ0) is 20.1. The quantitative estimate of drug-likeness (QED) is 0.526. The summed E-state index contributed by atoms with van der Waals surface area (Å²) in [6, 6.07) is 10.1. The molecule has 28 heavy (non-hydrogen) atoms. The van der Waals surface area contributed by atoms with Crippen molar-refractivity contribution in [2.24, 2.45) is 0 Å². The first-order valence-corrected chi connectivity index (χ1v) is 8.90. The van der Waals surface area contributed by atoms with Gasteiger partial charge in [0.15, 0.2) is 0 Å². The maximum absolute atomic E-state index is 14.4. The Bertz CT molecular complexity index is 968. The smallest absolute Gasteiger partial charge is 0.280 e. The molecule has 0 bridgehead atoms. The monoisotopic (exact) mass is 404 g/mol. The van der Waals surface area contributed by atoms with Crippen LogP contribution in [0.4, 0.5) is 19.3 Å². The molecule has 1 heterocycles. The molecule has 0 saturated carbocycles. The number of aliphatic hydroxyl groups is 1. The van der Waals surface area contributed by atoms with Crippen LogP contribution in [0.1, 0.15) is 17.5 Å². The molecule has 2 aromatic carbocycles. The minimum Gasteiger partial charge on any atom is -0.383 e. The van der Waals surface area contributed by atoms with Gasteiger partial charge in [-0.3, -0.25) is 4.79 Å². The van der Waals surface area contributed by atoms with Crippen LogP contribution in [0.3, 0.4) is 0 Å². The highest BCUT2D eigenvalue weighted by atomic mass is 32.1. The molecule has 1 aromatic heterocycles. The maximum Gasteiger partial charge on any atom is 0.280 e. The Morgan fingerprint density at radius 3 is 2.71 bits per heavy atom. The van der Waals surface area contributed by atoms with E-state index in [0.29, 0.717) is 12.1 Å². The lowest BCUT2D eigenvalue weighted by molar-refractivity contribution is 0.00321. The standard InChI is InChI=1S/C19H18F2N4O2S/c20-14-5-6-15(16(21)9-14)19(27,10-25-12-22-11-23-25)8-7-13-3-1-2-4-17(13)24-18(26)28/h1-6,9,11-12,27H,7-8,10H2,(H2,24,26,28)/t19-/m0/s1. The number of aromatic nitrogens is 3. The molecule has 0 spiro atoms. The minimum absolute atomic E-state index is 0.0416. The predicted molar refractivity (Wildman–Crippen MR) is 103 cm³/mol. The van der Waals surface area contributed by atoms with Gasteiger partial charge in [0.2, 0.25) is 0 Å². The number of thiol groups is 1. The van der Waals surface area contributed by atoms with Crippen LogP contribution < -0.4 is 5.32 Å². The van der Waals surface area contributed by atoms with E-state index in [1.165, 1.54) is 23.4 Å². The number of benzene rings is 2. The second-order valence-electron chi connectivity index (χ2n) is 6.34. The molecule has 0 aliphatic rings. The Kier molecular flexibility index (Phi) is 6.05. The first-order valence-electron chi connectivity index (χ1n) is 8.45. The molecule has 0 unspecified atom stereocenters. The molecule has 3 aromatic rings. The molecule has 1 amide bonds. The largest absolute Gasteiger partial charge is 0.383 e. The van der Waals surface area contributed by atoms with Gasteiger partial charge in [0.05, 0.1) is 6.54 Å². The van der Waals surface area contributed by atoms with Crippen molar-refractivity contribution in [3.8, 4) is 0 Å². The zero-order valence-corrected chi connectivity index (χ0v) is 15.6. The fourth-order valence-electron chi connectivity index (χ4n) is 3.07. The van der Waals surface area contributed by atoms with Crippen LogP contribution in [0.15, 0.2) is 55.1 Å². The third-order valence-electron chi connectivity index (χ3n) is 4.39. The van der Waals surface area contributed by atoms with Gasteiger partial charge in [0, 0.05) is 17.3 Å². The molecule has 0 aliphatic carbocycles. The van der Waals surface area contributed by atoms with Gasteiger partial charge in [-0.05, 0) is 30.5 Å². The van der Waals surface area contributed by atoms with Crippen molar-refractivity contribution in [3.05, 3.63) is 77.9 Å². The third kappa shape index (κ3) is 4.73. The van der Waals surface area contributed by atoms with E-state index in [2.05, 4.69) is 28.0 Å². The Hall–Kier alpha value is -2.78. The maximum atomic E-state index is 14.4. The van der Waals surface area contributed by atoms with Gasteiger partial charge in [0.25, 0.3) is 5.24 Å². The van der Waals surface area contributed by atoms with Crippen molar-refractivity contribution < 1.29 is 18.7 Å². The average molecular weight is 404 g/mol. The van der Waals surface area contributed by atoms with Gasteiger partial charge in [-0.15, -0.1) is 0 Å². The van der Waals surface area contributed by atoms with Gasteiger partial charge in [-0.25, -0.2) is 18.4 Å². The van der Waals surface area contributed by atoms with Crippen LogP contribution in [-0.2, 0) is 18.6 Å². The lowest BCUT2D eigenvalue weighted by Gasteiger charge is -2.29. The van der Waals surface area contributed by atoms with Gasteiger partial charge in [-0.2, -0.15) is 5.10 Å². The van der Waals surface area contributed by atoms with Crippen LogP contribution in [0.5, 0.6) is 0 Å². The minimum atomic E-state index is -1.68. The number of nitrogens with one attached hydrogen (secondary N) is 1. The van der Waals surface area contributed by atoms with E-state index in [1.54, 1.807) is 24.3 Å². The number of aryl methyl sites for hydroxylation is 1. The number of hydrogen-bond acceptors (Lipinski definition) is 4. The van der Waals surface area contributed by atoms with E-state index in [-0.39, 0.29) is 18.5 Å². The first-order chi connectivity index (χ1) is 13.4. The summed E-state index contributed by atoms with van der Waals surface area (Å²) in [6.45, 7) is -0.0728. The molecule has 6 nitrogen and oxygen atoms in total. The molecule has 0 fully saturated rings. The van der Waals surface area contributed by atoms with Gasteiger partial charge < -0.3 is 10.4 Å². The number of anilines is 1. The van der Waals surface area contributed by atoms with Crippen molar-refractivity contribution in [1.82, 2.24) is 14.8 Å². The van der Waals surface area contributed by atoms with Gasteiger partial charge >= 0.3 is 0 Å². The first kappa shape index (κ1) is 20.0. The summed E-state index contributed by atoms with van der Waals surface area (Å²) in [7, 11) is 0. The van der Waals surface area contributed by atoms with Crippen LogP contribution >= 0.6 is 12.6 Å². The van der Waals surface area contributed by atoms with Crippen molar-refractivity contribution in [2.75, 3.05) is 5.32 Å². The molecule has 0 radical (unpaired) electrons. The highest BCUT2D eigenvalue weighted by Gasteiger charge is 2.33. The number of carbonyl (C=O) groups excluding carboxylic acids is 1. The van der Waals surface area contributed by atoms with E-state index < -0.39 is 22.5 Å².